The summed E-state index contributed by atoms with van der Waals surface area (Å²) in [6, 6.07) is 7.18. The number of alkyl carbamates (subject to hydrolysis) is 1. The maximum Gasteiger partial charge on any atom is 0.408 e. The first-order valence-corrected chi connectivity index (χ1v) is 24.2. The first kappa shape index (κ1) is 43.8. The fraction of sp³-hybridized carbons (Fsp3) is 0.574. The lowest BCUT2D eigenvalue weighted by molar-refractivity contribution is -0.141. The zero-order chi connectivity index (χ0) is 45.2. The number of rotatable bonds is 8. The normalized spacial score (nSPS) is 26.9. The van der Waals surface area contributed by atoms with Gasteiger partial charge in [0.25, 0.3) is 11.8 Å². The number of para-hydroxylation sites is 1. The third-order valence-electron chi connectivity index (χ3n) is 13.7. The molecule has 342 valence electrons. The van der Waals surface area contributed by atoms with E-state index in [0.29, 0.717) is 60.4 Å². The number of nitrogens with one attached hydrogen (secondary N) is 3. The summed E-state index contributed by atoms with van der Waals surface area (Å²) in [6.45, 7) is 9.51. The van der Waals surface area contributed by atoms with Crippen LogP contribution >= 0.6 is 0 Å². The Labute approximate surface area is 372 Å². The molecule has 5 heterocycles. The Morgan fingerprint density at radius 1 is 0.984 bits per heavy atom. The number of nitrogens with zero attached hydrogens (tertiary/aromatic N) is 3. The standard InChI is InChI=1S/C47H58N6O10S/c1-27-32(24-36(60-27)45(2,3)4)39-49-37-31-18-13-14-20-35(31)63-38(37)41(50-39)61-30-23-34-40(54)51-47(43(56)52-64(58,59)46(5)21-22-46)25-28(47)15-9-7-6-8-10-19-33(42(55)53(34)26-30)48-44(57)62-29-16-11-12-17-29/h9,13-15,18,20,24,28-30,33-34H,6-8,10-12,16-17,19,21-23,25-26H2,1-5H3,(H,48,57)(H,51,54)(H,52,56)/b15-9-. The van der Waals surface area contributed by atoms with Crippen LogP contribution in [0.1, 0.15) is 123 Å². The molecule has 2 aliphatic heterocycles. The predicted octanol–water partition coefficient (Wildman–Crippen LogP) is 7.02. The number of sulfonamides is 1. The van der Waals surface area contributed by atoms with Crippen molar-refractivity contribution in [1.82, 2.24) is 30.2 Å². The molecule has 16 nitrogen and oxygen atoms in total. The highest BCUT2D eigenvalue weighted by Gasteiger charge is 2.63. The predicted molar refractivity (Wildman–Crippen MR) is 237 cm³/mol. The van der Waals surface area contributed by atoms with Gasteiger partial charge < -0.3 is 33.8 Å². The van der Waals surface area contributed by atoms with E-state index in [1.165, 1.54) is 4.90 Å². The first-order valence-electron chi connectivity index (χ1n) is 22.7. The van der Waals surface area contributed by atoms with Crippen LogP contribution in [-0.2, 0) is 34.6 Å². The van der Waals surface area contributed by atoms with Gasteiger partial charge in [0.05, 0.1) is 16.9 Å². The van der Waals surface area contributed by atoms with Crippen LogP contribution in [0.2, 0.25) is 0 Å². The van der Waals surface area contributed by atoms with Gasteiger partial charge >= 0.3 is 6.09 Å². The Balaban J connectivity index is 1.07. The van der Waals surface area contributed by atoms with Gasteiger partial charge in [0.2, 0.25) is 27.4 Å². The van der Waals surface area contributed by atoms with Crippen molar-refractivity contribution in [3.63, 3.8) is 0 Å². The summed E-state index contributed by atoms with van der Waals surface area (Å²) in [5, 5.41) is 6.50. The number of furan rings is 2. The minimum absolute atomic E-state index is 0.0225. The largest absolute Gasteiger partial charge is 0.470 e. The Morgan fingerprint density at radius 2 is 1.73 bits per heavy atom. The minimum atomic E-state index is -4.03. The van der Waals surface area contributed by atoms with E-state index in [1.54, 1.807) is 6.92 Å². The number of ether oxygens (including phenoxy) is 2. The number of fused-ring (bicyclic) bond motifs is 5. The molecule has 0 spiro atoms. The van der Waals surface area contributed by atoms with E-state index in [4.69, 9.17) is 28.3 Å². The highest BCUT2D eigenvalue weighted by atomic mass is 32.2. The van der Waals surface area contributed by atoms with Gasteiger partial charge in [-0.25, -0.2) is 18.2 Å². The molecule has 3 aliphatic carbocycles. The molecule has 4 amide bonds. The van der Waals surface area contributed by atoms with Crippen molar-refractivity contribution >= 4 is 55.9 Å². The van der Waals surface area contributed by atoms with Crippen molar-refractivity contribution in [3.05, 3.63) is 54.0 Å². The van der Waals surface area contributed by atoms with Crippen LogP contribution in [0, 0.1) is 12.8 Å². The summed E-state index contributed by atoms with van der Waals surface area (Å²) in [5.41, 5.74) is 0.179. The highest BCUT2D eigenvalue weighted by Crippen LogP contribution is 2.48. The third kappa shape index (κ3) is 8.47. The molecule has 5 unspecified atom stereocenters. The maximum atomic E-state index is 14.9. The molecular formula is C47H58N6O10S. The molecule has 9 rings (SSSR count). The second kappa shape index (κ2) is 16.5. The van der Waals surface area contributed by atoms with E-state index in [2.05, 4.69) is 36.1 Å². The van der Waals surface area contributed by atoms with Crippen LogP contribution in [0.25, 0.3) is 33.5 Å². The van der Waals surface area contributed by atoms with E-state index in [9.17, 15) is 27.6 Å². The molecule has 5 aliphatic rings. The summed E-state index contributed by atoms with van der Waals surface area (Å²) in [7, 11) is -4.03. The molecule has 1 aromatic carbocycles. The first-order chi connectivity index (χ1) is 30.4. The van der Waals surface area contributed by atoms with Gasteiger partial charge in [-0.05, 0) is 96.3 Å². The molecule has 3 N–H and O–H groups in total. The average molecular weight is 899 g/mol. The fourth-order valence-electron chi connectivity index (χ4n) is 9.28. The van der Waals surface area contributed by atoms with E-state index in [-0.39, 0.29) is 42.4 Å². The van der Waals surface area contributed by atoms with E-state index >= 15 is 0 Å². The molecule has 0 radical (unpaired) electrons. The second-order valence-corrected chi connectivity index (χ2v) is 21.9. The Morgan fingerprint density at radius 3 is 2.47 bits per heavy atom. The Kier molecular flexibility index (Phi) is 11.3. The lowest BCUT2D eigenvalue weighted by Gasteiger charge is -2.30. The number of hydrogen-bond acceptors (Lipinski definition) is 12. The van der Waals surface area contributed by atoms with Crippen molar-refractivity contribution in [2.45, 2.75) is 158 Å². The molecule has 4 aromatic rings. The summed E-state index contributed by atoms with van der Waals surface area (Å²) in [6.07, 6.45) is 9.66. The summed E-state index contributed by atoms with van der Waals surface area (Å²) < 4.78 is 52.8. The molecule has 5 atom stereocenters. The van der Waals surface area contributed by atoms with Crippen LogP contribution in [-0.4, -0.2) is 88.2 Å². The van der Waals surface area contributed by atoms with E-state index in [0.717, 1.165) is 49.7 Å². The van der Waals surface area contributed by atoms with Gasteiger partial charge in [-0.15, -0.1) is 0 Å². The minimum Gasteiger partial charge on any atom is -0.470 e. The summed E-state index contributed by atoms with van der Waals surface area (Å²) in [4.78, 5) is 68.3. The summed E-state index contributed by atoms with van der Waals surface area (Å²) in [5.74, 6) is -0.611. The van der Waals surface area contributed by atoms with Crippen molar-refractivity contribution in [2.75, 3.05) is 6.54 Å². The molecular weight excluding hydrogens is 841 g/mol. The number of carbonyl (C=O) groups is 4. The molecule has 17 heteroatoms. The van der Waals surface area contributed by atoms with E-state index in [1.807, 2.05) is 49.4 Å². The zero-order valence-corrected chi connectivity index (χ0v) is 38.0. The molecule has 3 saturated carbocycles. The van der Waals surface area contributed by atoms with Crippen molar-refractivity contribution in [1.29, 1.82) is 0 Å². The van der Waals surface area contributed by atoms with E-state index < -0.39 is 68.2 Å². The molecule has 4 fully saturated rings. The second-order valence-electron chi connectivity index (χ2n) is 19.7. The summed E-state index contributed by atoms with van der Waals surface area (Å²) >= 11 is 0. The SMILES string of the molecule is Cc1oc(C(C)(C)C)cc1-c1nc(OC2CC3C(=O)NC4(C(=O)NS(=O)(=O)C5(C)CC5)CC4/C=C\CCCCCC(NC(=O)OC4CCCC4)C(=O)N3C2)c2oc3ccccc3c2n1. The zero-order valence-electron chi connectivity index (χ0n) is 37.2. The molecule has 1 saturated heterocycles. The molecule has 0 bridgehead atoms. The average Bonchev–Trinajstić information content (AvgIpc) is 3.75. The van der Waals surface area contributed by atoms with Crippen LogP contribution in [0.15, 0.2) is 51.3 Å². The van der Waals surface area contributed by atoms with Crippen LogP contribution in [0.3, 0.4) is 0 Å². The number of aryl methyl sites for hydroxylation is 1. The van der Waals surface area contributed by atoms with Crippen LogP contribution in [0.5, 0.6) is 5.88 Å². The lowest BCUT2D eigenvalue weighted by atomic mass is 9.93. The quantitative estimate of drug-likeness (QED) is 0.152. The van der Waals surface area contributed by atoms with Crippen molar-refractivity contribution in [3.8, 4) is 17.3 Å². The Bertz CT molecular complexity index is 2640. The van der Waals surface area contributed by atoms with Crippen molar-refractivity contribution < 1.29 is 45.9 Å². The van der Waals surface area contributed by atoms with Gasteiger partial charge in [0.1, 0.15) is 52.5 Å². The van der Waals surface area contributed by atoms with Gasteiger partial charge in [-0.1, -0.05) is 57.9 Å². The van der Waals surface area contributed by atoms with Crippen LogP contribution in [0.4, 0.5) is 4.79 Å². The number of aromatic nitrogens is 2. The number of carbonyl (C=O) groups excluding carboxylic acids is 4. The molecule has 64 heavy (non-hydrogen) atoms. The van der Waals surface area contributed by atoms with Gasteiger partial charge in [0, 0.05) is 23.1 Å². The highest BCUT2D eigenvalue weighted by molar-refractivity contribution is 7.91. The monoisotopic (exact) mass is 898 g/mol. The van der Waals surface area contributed by atoms with Gasteiger partial charge in [0.15, 0.2) is 5.82 Å². The topological polar surface area (TPSA) is 212 Å². The van der Waals surface area contributed by atoms with Crippen LogP contribution < -0.4 is 20.1 Å². The number of allylic oxidation sites excluding steroid dienone is 1. The molecule has 3 aromatic heterocycles. The van der Waals surface area contributed by atoms with Gasteiger partial charge in [-0.3, -0.25) is 19.1 Å². The lowest BCUT2D eigenvalue weighted by Crippen LogP contribution is -2.58. The number of benzene rings is 1. The maximum absolute atomic E-state index is 14.9. The van der Waals surface area contributed by atoms with Crippen molar-refractivity contribution in [2.24, 2.45) is 5.92 Å². The third-order valence-corrected chi connectivity index (χ3v) is 15.9. The number of hydrogen-bond donors (Lipinski definition) is 3. The smallest absolute Gasteiger partial charge is 0.408 e. The fourth-order valence-corrected chi connectivity index (χ4v) is 10.6. The van der Waals surface area contributed by atoms with Gasteiger partial charge in [-0.2, -0.15) is 4.98 Å². The Hall–Kier alpha value is -5.45. The number of amides is 4.